The summed E-state index contributed by atoms with van der Waals surface area (Å²) in [5.74, 6) is -2.23. The molecule has 0 saturated carbocycles. The van der Waals surface area contributed by atoms with Gasteiger partial charge in [-0.3, -0.25) is 0 Å². The van der Waals surface area contributed by atoms with Crippen molar-refractivity contribution in [3.05, 3.63) is 83.9 Å². The first-order valence-corrected chi connectivity index (χ1v) is 7.58. The average Bonchev–Trinajstić information content (AvgIpc) is 2.63. The van der Waals surface area contributed by atoms with E-state index in [0.717, 1.165) is 0 Å². The minimum atomic E-state index is -2.46. The lowest BCUT2D eigenvalue weighted by Crippen LogP contribution is -2.36. The van der Waals surface area contributed by atoms with Gasteiger partial charge in [-0.25, -0.2) is 4.79 Å². The van der Waals surface area contributed by atoms with E-state index in [1.807, 2.05) is 0 Å². The Labute approximate surface area is 144 Å². The van der Waals surface area contributed by atoms with Crippen molar-refractivity contribution in [2.45, 2.75) is 5.60 Å². The maximum Gasteiger partial charge on any atom is 0.345 e. The van der Waals surface area contributed by atoms with Crippen LogP contribution in [-0.2, 0) is 10.4 Å². The third-order valence-electron chi connectivity index (χ3n) is 4.11. The lowest BCUT2D eigenvalue weighted by atomic mass is 9.84. The van der Waals surface area contributed by atoms with E-state index in [2.05, 4.69) is 0 Å². The summed E-state index contributed by atoms with van der Waals surface area (Å²) in [7, 11) is 0. The van der Waals surface area contributed by atoms with Gasteiger partial charge in [-0.2, -0.15) is 0 Å². The first kappa shape index (κ1) is 16.5. The summed E-state index contributed by atoms with van der Waals surface area (Å²) in [6.07, 6.45) is 0. The van der Waals surface area contributed by atoms with Gasteiger partial charge in [-0.05, 0) is 23.3 Å². The van der Waals surface area contributed by atoms with Gasteiger partial charge in [0.15, 0.2) is 0 Å². The lowest BCUT2D eigenvalue weighted by Gasteiger charge is -2.26. The molecule has 1 unspecified atom stereocenters. The van der Waals surface area contributed by atoms with Crippen molar-refractivity contribution in [2.75, 3.05) is 0 Å². The molecule has 0 aliphatic carbocycles. The van der Waals surface area contributed by atoms with Crippen LogP contribution in [0.25, 0.3) is 11.1 Å². The first-order chi connectivity index (χ1) is 12.0. The number of carboxylic acid groups (broad SMARTS) is 1. The van der Waals surface area contributed by atoms with E-state index in [1.165, 1.54) is 24.3 Å². The summed E-state index contributed by atoms with van der Waals surface area (Å²) in [6, 6.07) is 18.8. The van der Waals surface area contributed by atoms with Gasteiger partial charge in [0.25, 0.3) is 0 Å². The molecule has 1 atom stereocenters. The molecule has 126 valence electrons. The number of carboxylic acids is 1. The number of benzene rings is 3. The Bertz CT molecular complexity index is 906. The smallest absolute Gasteiger partial charge is 0.345 e. The number of rotatable bonds is 4. The molecule has 3 aromatic carbocycles. The van der Waals surface area contributed by atoms with Crippen molar-refractivity contribution in [1.29, 1.82) is 0 Å². The molecule has 0 saturated heterocycles. The van der Waals surface area contributed by atoms with E-state index in [1.54, 1.807) is 48.5 Å². The van der Waals surface area contributed by atoms with Crippen molar-refractivity contribution < 1.29 is 25.2 Å². The van der Waals surface area contributed by atoms with Crippen LogP contribution in [-0.4, -0.2) is 26.4 Å². The highest BCUT2D eigenvalue weighted by atomic mass is 16.4. The van der Waals surface area contributed by atoms with E-state index >= 15 is 0 Å². The van der Waals surface area contributed by atoms with Crippen LogP contribution in [0.5, 0.6) is 11.5 Å². The standard InChI is InChI=1S/C20H16O5/c21-16-12-11-15(18(22)17(16)13-7-3-1-4-8-13)20(25,19(23)24)14-9-5-2-6-10-14/h1-12,21-22,25H,(H,23,24). The average molecular weight is 336 g/mol. The van der Waals surface area contributed by atoms with Gasteiger partial charge >= 0.3 is 5.97 Å². The summed E-state index contributed by atoms with van der Waals surface area (Å²) in [5.41, 5.74) is -2.01. The van der Waals surface area contributed by atoms with Crippen molar-refractivity contribution in [2.24, 2.45) is 0 Å². The molecule has 0 aliphatic rings. The molecule has 5 nitrogen and oxygen atoms in total. The predicted octanol–water partition coefficient (Wildman–Crippen LogP) is 3.09. The molecule has 3 aromatic rings. The molecule has 3 rings (SSSR count). The van der Waals surface area contributed by atoms with Crippen LogP contribution in [0.1, 0.15) is 11.1 Å². The minimum Gasteiger partial charge on any atom is -0.507 e. The van der Waals surface area contributed by atoms with E-state index in [9.17, 15) is 25.2 Å². The summed E-state index contributed by atoms with van der Waals surface area (Å²) in [6.45, 7) is 0. The molecule has 0 amide bonds. The summed E-state index contributed by atoms with van der Waals surface area (Å²) >= 11 is 0. The van der Waals surface area contributed by atoms with Gasteiger partial charge in [0, 0.05) is 5.56 Å². The van der Waals surface area contributed by atoms with Crippen LogP contribution in [0, 0.1) is 0 Å². The van der Waals surface area contributed by atoms with Gasteiger partial charge in [0.1, 0.15) is 11.5 Å². The van der Waals surface area contributed by atoms with E-state index < -0.39 is 17.3 Å². The van der Waals surface area contributed by atoms with Gasteiger partial charge in [0.2, 0.25) is 5.60 Å². The Morgan fingerprint density at radius 2 is 1.36 bits per heavy atom. The molecule has 0 radical (unpaired) electrons. The molecule has 0 spiro atoms. The van der Waals surface area contributed by atoms with Gasteiger partial charge in [-0.1, -0.05) is 60.7 Å². The third-order valence-corrected chi connectivity index (χ3v) is 4.11. The Balaban J connectivity index is 2.28. The monoisotopic (exact) mass is 336 g/mol. The van der Waals surface area contributed by atoms with Crippen LogP contribution in [0.15, 0.2) is 72.8 Å². The molecule has 0 bridgehead atoms. The van der Waals surface area contributed by atoms with Gasteiger partial charge in [0.05, 0.1) is 5.56 Å². The third kappa shape index (κ3) is 2.70. The van der Waals surface area contributed by atoms with Crippen molar-refractivity contribution >= 4 is 5.97 Å². The highest BCUT2D eigenvalue weighted by molar-refractivity contribution is 5.88. The zero-order valence-electron chi connectivity index (χ0n) is 13.1. The highest BCUT2D eigenvalue weighted by Crippen LogP contribution is 2.45. The van der Waals surface area contributed by atoms with Crippen molar-refractivity contribution in [3.8, 4) is 22.6 Å². The number of aliphatic hydroxyl groups is 1. The van der Waals surface area contributed by atoms with E-state index in [0.29, 0.717) is 5.56 Å². The van der Waals surface area contributed by atoms with Crippen LogP contribution in [0.4, 0.5) is 0 Å². The van der Waals surface area contributed by atoms with Crippen LogP contribution < -0.4 is 0 Å². The van der Waals surface area contributed by atoms with Crippen LogP contribution >= 0.6 is 0 Å². The summed E-state index contributed by atoms with van der Waals surface area (Å²) < 4.78 is 0. The number of aromatic hydroxyl groups is 2. The quantitative estimate of drug-likeness (QED) is 0.587. The number of hydrogen-bond acceptors (Lipinski definition) is 4. The second kappa shape index (κ2) is 6.30. The van der Waals surface area contributed by atoms with E-state index in [-0.39, 0.29) is 22.4 Å². The minimum absolute atomic E-state index is 0.0636. The second-order valence-electron chi connectivity index (χ2n) is 5.60. The van der Waals surface area contributed by atoms with Gasteiger partial charge < -0.3 is 20.4 Å². The molecule has 0 fully saturated rings. The molecule has 25 heavy (non-hydrogen) atoms. The highest BCUT2D eigenvalue weighted by Gasteiger charge is 2.43. The van der Waals surface area contributed by atoms with Crippen molar-refractivity contribution in [1.82, 2.24) is 0 Å². The number of hydrogen-bond donors (Lipinski definition) is 4. The number of aliphatic carboxylic acids is 1. The molecule has 0 heterocycles. The molecular formula is C20H16O5. The molecule has 4 N–H and O–H groups in total. The van der Waals surface area contributed by atoms with Crippen LogP contribution in [0.3, 0.4) is 0 Å². The van der Waals surface area contributed by atoms with E-state index in [4.69, 9.17) is 0 Å². The summed E-state index contributed by atoms with van der Waals surface area (Å²) in [4.78, 5) is 11.9. The fraction of sp³-hybridized carbons (Fsp3) is 0.0500. The Hall–Kier alpha value is -3.31. The zero-order valence-corrected chi connectivity index (χ0v) is 13.1. The number of carbonyl (C=O) groups is 1. The Kier molecular flexibility index (Phi) is 4.17. The molecule has 5 heteroatoms. The molecular weight excluding hydrogens is 320 g/mol. The lowest BCUT2D eigenvalue weighted by molar-refractivity contribution is -0.155. The first-order valence-electron chi connectivity index (χ1n) is 7.58. The summed E-state index contributed by atoms with van der Waals surface area (Å²) in [5, 5.41) is 41.4. The second-order valence-corrected chi connectivity index (χ2v) is 5.60. The maximum atomic E-state index is 11.9. The van der Waals surface area contributed by atoms with Crippen LogP contribution in [0.2, 0.25) is 0 Å². The number of phenols is 2. The zero-order chi connectivity index (χ0) is 18.0. The Morgan fingerprint density at radius 3 is 1.92 bits per heavy atom. The van der Waals surface area contributed by atoms with Gasteiger partial charge in [-0.15, -0.1) is 0 Å². The fourth-order valence-electron chi connectivity index (χ4n) is 2.84. The van der Waals surface area contributed by atoms with Crippen molar-refractivity contribution in [3.63, 3.8) is 0 Å². The molecule has 0 aromatic heterocycles. The largest absolute Gasteiger partial charge is 0.507 e. The number of phenolic OH excluding ortho intramolecular Hbond substituents is 2. The SMILES string of the molecule is O=C(O)C(O)(c1ccccc1)c1ccc(O)c(-c2ccccc2)c1O. The normalized spacial score (nSPS) is 13.2. The molecule has 0 aliphatic heterocycles. The predicted molar refractivity (Wildman–Crippen MR) is 92.3 cm³/mol. The topological polar surface area (TPSA) is 98.0 Å². The fourth-order valence-corrected chi connectivity index (χ4v) is 2.84. The Morgan fingerprint density at radius 1 is 0.800 bits per heavy atom. The maximum absolute atomic E-state index is 11.9.